The molecule has 274 valence electrons. The van der Waals surface area contributed by atoms with E-state index in [1.807, 2.05) is 13.8 Å². The van der Waals surface area contributed by atoms with Gasteiger partial charge in [0.2, 0.25) is 0 Å². The van der Waals surface area contributed by atoms with E-state index in [-0.39, 0.29) is 6.04 Å². The SMILES string of the molecule is CC.CCCc1cc(C2C=C(CN3CCC(CCC)CC3)C=CN2)cc(OC)c1C.CCc1ccc2c(C3CCC3)c(OC)c(OC)cc2c1. The smallest absolute Gasteiger partial charge is 0.164 e. The number of nitrogens with one attached hydrogen (secondary N) is 1. The van der Waals surface area contributed by atoms with Crippen molar-refractivity contribution in [1.29, 1.82) is 0 Å². The van der Waals surface area contributed by atoms with Crippen molar-refractivity contribution in [3.63, 3.8) is 0 Å². The lowest BCUT2D eigenvalue weighted by molar-refractivity contribution is 0.191. The van der Waals surface area contributed by atoms with Crippen LogP contribution in [0.3, 0.4) is 0 Å². The van der Waals surface area contributed by atoms with Gasteiger partial charge in [0.05, 0.1) is 27.4 Å². The van der Waals surface area contributed by atoms with Crippen molar-refractivity contribution >= 4 is 10.8 Å². The molecule has 1 atom stereocenters. The Morgan fingerprint density at radius 1 is 0.840 bits per heavy atom. The summed E-state index contributed by atoms with van der Waals surface area (Å²) in [6.45, 7) is 16.5. The Labute approximate surface area is 304 Å². The van der Waals surface area contributed by atoms with Gasteiger partial charge in [-0.2, -0.15) is 0 Å². The molecule has 0 amide bonds. The molecule has 2 aliphatic heterocycles. The van der Waals surface area contributed by atoms with E-state index in [9.17, 15) is 0 Å². The highest BCUT2D eigenvalue weighted by Crippen LogP contribution is 2.48. The second-order valence-electron chi connectivity index (χ2n) is 14.0. The number of dihydropyridines is 1. The third-order valence-corrected chi connectivity index (χ3v) is 10.9. The van der Waals surface area contributed by atoms with E-state index < -0.39 is 0 Å². The van der Waals surface area contributed by atoms with Gasteiger partial charge >= 0.3 is 0 Å². The summed E-state index contributed by atoms with van der Waals surface area (Å²) in [5.74, 6) is 4.35. The maximum absolute atomic E-state index is 5.67. The molecule has 0 radical (unpaired) electrons. The van der Waals surface area contributed by atoms with E-state index in [0.29, 0.717) is 5.92 Å². The van der Waals surface area contributed by atoms with Crippen LogP contribution in [0.15, 0.2) is 60.3 Å². The molecule has 0 spiro atoms. The maximum Gasteiger partial charge on any atom is 0.164 e. The molecule has 2 heterocycles. The normalized spacial score (nSPS) is 17.8. The Bertz CT molecular complexity index is 1560. The van der Waals surface area contributed by atoms with Crippen LogP contribution in [0, 0.1) is 12.8 Å². The number of fused-ring (bicyclic) bond motifs is 1. The maximum atomic E-state index is 5.67. The van der Waals surface area contributed by atoms with E-state index in [2.05, 4.69) is 92.7 Å². The molecule has 3 aromatic carbocycles. The lowest BCUT2D eigenvalue weighted by atomic mass is 9.77. The highest BCUT2D eigenvalue weighted by Gasteiger charge is 2.27. The van der Waals surface area contributed by atoms with E-state index in [1.54, 1.807) is 21.3 Å². The van der Waals surface area contributed by atoms with Crippen molar-refractivity contribution in [3.05, 3.63) is 88.1 Å². The second-order valence-corrected chi connectivity index (χ2v) is 14.0. The Morgan fingerprint density at radius 3 is 2.18 bits per heavy atom. The van der Waals surface area contributed by atoms with Gasteiger partial charge in [-0.05, 0) is 133 Å². The summed E-state index contributed by atoms with van der Waals surface area (Å²) in [6.07, 6.45) is 19.4. The van der Waals surface area contributed by atoms with Crippen LogP contribution >= 0.6 is 0 Å². The zero-order valence-electron chi connectivity index (χ0n) is 32.8. The summed E-state index contributed by atoms with van der Waals surface area (Å²) in [4.78, 5) is 2.63. The van der Waals surface area contributed by atoms with Gasteiger partial charge < -0.3 is 19.5 Å². The first kappa shape index (κ1) is 39.3. The third-order valence-electron chi connectivity index (χ3n) is 10.9. The number of rotatable bonds is 12. The minimum atomic E-state index is 0.225. The molecule has 5 heteroatoms. The van der Waals surface area contributed by atoms with Crippen LogP contribution in [-0.2, 0) is 12.8 Å². The van der Waals surface area contributed by atoms with Crippen LogP contribution in [-0.4, -0.2) is 45.9 Å². The number of methoxy groups -OCH3 is 3. The molecule has 1 saturated carbocycles. The Morgan fingerprint density at radius 2 is 1.58 bits per heavy atom. The zero-order chi connectivity index (χ0) is 36.0. The molecule has 6 rings (SSSR count). The van der Waals surface area contributed by atoms with Crippen LogP contribution in [0.2, 0.25) is 0 Å². The van der Waals surface area contributed by atoms with Gasteiger partial charge in [-0.15, -0.1) is 0 Å². The van der Waals surface area contributed by atoms with E-state index in [0.717, 1.165) is 49.0 Å². The molecule has 3 aliphatic rings. The van der Waals surface area contributed by atoms with E-state index in [1.165, 1.54) is 102 Å². The van der Waals surface area contributed by atoms with Crippen LogP contribution in [0.1, 0.15) is 126 Å². The summed E-state index contributed by atoms with van der Waals surface area (Å²) in [6, 6.07) is 13.7. The molecule has 0 bridgehead atoms. The van der Waals surface area contributed by atoms with Gasteiger partial charge in [-0.1, -0.05) is 90.6 Å². The fraction of sp³-hybridized carbons (Fsp3) is 0.556. The first-order valence-corrected chi connectivity index (χ1v) is 19.6. The molecule has 1 aliphatic carbocycles. The number of ether oxygens (including phenoxy) is 3. The van der Waals surface area contributed by atoms with Crippen LogP contribution < -0.4 is 19.5 Å². The molecule has 2 fully saturated rings. The average molecular weight is 683 g/mol. The lowest BCUT2D eigenvalue weighted by Crippen LogP contribution is -2.35. The number of hydrogen-bond acceptors (Lipinski definition) is 5. The summed E-state index contributed by atoms with van der Waals surface area (Å²) in [5.41, 5.74) is 8.11. The van der Waals surface area contributed by atoms with Crippen molar-refractivity contribution < 1.29 is 14.2 Å². The minimum Gasteiger partial charge on any atom is -0.496 e. The highest BCUT2D eigenvalue weighted by molar-refractivity contribution is 5.91. The summed E-state index contributed by atoms with van der Waals surface area (Å²) in [5, 5.41) is 6.13. The lowest BCUT2D eigenvalue weighted by Gasteiger charge is -2.33. The fourth-order valence-electron chi connectivity index (χ4n) is 7.79. The second kappa shape index (κ2) is 19.8. The molecule has 5 nitrogen and oxygen atoms in total. The first-order chi connectivity index (χ1) is 24.4. The number of nitrogens with zero attached hydrogens (tertiary/aromatic N) is 1. The third kappa shape index (κ3) is 9.66. The highest BCUT2D eigenvalue weighted by atomic mass is 16.5. The van der Waals surface area contributed by atoms with Crippen molar-refractivity contribution in [2.24, 2.45) is 5.92 Å². The summed E-state index contributed by atoms with van der Waals surface area (Å²) < 4.78 is 16.9. The number of hydrogen-bond donors (Lipinski definition) is 1. The fourth-order valence-corrected chi connectivity index (χ4v) is 7.79. The first-order valence-electron chi connectivity index (χ1n) is 19.6. The van der Waals surface area contributed by atoms with Crippen molar-refractivity contribution in [2.45, 2.75) is 118 Å². The predicted molar refractivity (Wildman–Crippen MR) is 213 cm³/mol. The Kier molecular flexibility index (Phi) is 15.6. The molecule has 0 aromatic heterocycles. The largest absolute Gasteiger partial charge is 0.496 e. The summed E-state index contributed by atoms with van der Waals surface area (Å²) >= 11 is 0. The van der Waals surface area contributed by atoms with E-state index >= 15 is 0 Å². The molecular formula is C45H66N2O3. The predicted octanol–water partition coefficient (Wildman–Crippen LogP) is 11.3. The quantitative estimate of drug-likeness (QED) is 0.206. The number of piperidine rings is 1. The molecule has 50 heavy (non-hydrogen) atoms. The molecule has 1 N–H and O–H groups in total. The van der Waals surface area contributed by atoms with Gasteiger partial charge in [0.1, 0.15) is 5.75 Å². The van der Waals surface area contributed by atoms with Gasteiger partial charge in [0, 0.05) is 12.1 Å². The number of likely N-dealkylation sites (tertiary alicyclic amines) is 1. The zero-order valence-corrected chi connectivity index (χ0v) is 32.8. The van der Waals surface area contributed by atoms with E-state index in [4.69, 9.17) is 14.2 Å². The Balaban J connectivity index is 0.000000224. The number of aryl methyl sites for hydroxylation is 2. The summed E-state index contributed by atoms with van der Waals surface area (Å²) in [7, 11) is 5.24. The standard InChI is InChI=1S/C25H38N2O.C18H22O2.C2H6/c1-5-7-20-10-13-27(14-11-20)18-21-9-12-26-24(15-21)23-16-22(8-6-2)19(3)25(17-23)28-4;1-4-12-8-9-15-14(10-12)11-16(19-2)18(20-3)17(15)13-6-5-7-13;1-2/h9,12,15-17,20,24,26H,5-8,10-11,13-14,18H2,1-4H3;8-11,13H,4-7H2,1-3H3;1-2H3. The molecular weight excluding hydrogens is 617 g/mol. The van der Waals surface area contributed by atoms with Crippen LogP contribution in [0.25, 0.3) is 10.8 Å². The van der Waals surface area contributed by atoms with Gasteiger partial charge in [0.15, 0.2) is 11.5 Å². The van der Waals surface area contributed by atoms with Crippen molar-refractivity contribution in [2.75, 3.05) is 41.0 Å². The molecule has 1 unspecified atom stereocenters. The topological polar surface area (TPSA) is 43.0 Å². The van der Waals surface area contributed by atoms with Crippen LogP contribution in [0.5, 0.6) is 17.2 Å². The van der Waals surface area contributed by atoms with Crippen molar-refractivity contribution in [3.8, 4) is 17.2 Å². The minimum absolute atomic E-state index is 0.225. The average Bonchev–Trinajstić information content (AvgIpc) is 3.13. The van der Waals surface area contributed by atoms with Crippen molar-refractivity contribution in [1.82, 2.24) is 10.2 Å². The van der Waals surface area contributed by atoms with Crippen LogP contribution in [0.4, 0.5) is 0 Å². The molecule has 3 aromatic rings. The molecule has 1 saturated heterocycles. The van der Waals surface area contributed by atoms with Gasteiger partial charge in [-0.25, -0.2) is 0 Å². The monoisotopic (exact) mass is 683 g/mol. The van der Waals surface area contributed by atoms with Gasteiger partial charge in [-0.3, -0.25) is 4.90 Å². The van der Waals surface area contributed by atoms with Gasteiger partial charge in [0.25, 0.3) is 0 Å². The Hall–Kier alpha value is -3.44. The number of benzene rings is 3.